The van der Waals surface area contributed by atoms with E-state index in [1.165, 1.54) is 12.1 Å². The van der Waals surface area contributed by atoms with E-state index in [2.05, 4.69) is 29.9 Å². The molecule has 0 atom stereocenters. The number of hydrogen-bond acceptors (Lipinski definition) is 5. The number of carbonyl (C=O) groups excluding carboxylic acids is 1. The molecule has 7 nitrogen and oxygen atoms in total. The van der Waals surface area contributed by atoms with Gasteiger partial charge in [0.15, 0.2) is 11.6 Å². The molecule has 3 rings (SSSR count). The summed E-state index contributed by atoms with van der Waals surface area (Å²) in [6.07, 6.45) is 2.63. The summed E-state index contributed by atoms with van der Waals surface area (Å²) in [4.78, 5) is 16.3. The van der Waals surface area contributed by atoms with Crippen LogP contribution in [0.2, 0.25) is 30.7 Å². The molecule has 2 heterocycles. The van der Waals surface area contributed by atoms with Gasteiger partial charge in [-0.3, -0.25) is 5.32 Å². The van der Waals surface area contributed by atoms with Crippen molar-refractivity contribution >= 4 is 42.5 Å². The number of hydrogen-bond donors (Lipinski definition) is 1. The van der Waals surface area contributed by atoms with E-state index in [-0.39, 0.29) is 11.4 Å². The van der Waals surface area contributed by atoms with Crippen LogP contribution in [0.5, 0.6) is 11.5 Å². The number of nitrogens with zero attached hydrogens (tertiary/aromatic N) is 2. The van der Waals surface area contributed by atoms with Crippen molar-refractivity contribution < 1.29 is 23.4 Å². The van der Waals surface area contributed by atoms with E-state index >= 15 is 0 Å². The van der Waals surface area contributed by atoms with Gasteiger partial charge in [0.2, 0.25) is 0 Å². The summed E-state index contributed by atoms with van der Waals surface area (Å²) in [5.74, 6) is -0.302. The van der Waals surface area contributed by atoms with Crippen LogP contribution in [-0.4, -0.2) is 35.9 Å². The number of anilines is 1. The van der Waals surface area contributed by atoms with Crippen molar-refractivity contribution in [2.75, 3.05) is 11.9 Å². The standard InChI is InChI=1S/C24H31ClFN3O4Si/c1-24(2,3)33-23(30)28-16-7-8-19(18(26)13-16)32-20-9-10-27-22-21(20)17(25)14-29(22)15-31-11-12-34(4,5)6/h7-10,13-14H,11-12,15H2,1-6H3,(H,28,30). The summed E-state index contributed by atoms with van der Waals surface area (Å²) >= 11 is 6.46. The lowest BCUT2D eigenvalue weighted by Gasteiger charge is -2.19. The van der Waals surface area contributed by atoms with Gasteiger partial charge in [-0.1, -0.05) is 31.2 Å². The molecule has 10 heteroatoms. The maximum atomic E-state index is 14.7. The van der Waals surface area contributed by atoms with E-state index in [1.807, 2.05) is 0 Å². The topological polar surface area (TPSA) is 74.6 Å². The molecule has 0 bridgehead atoms. The molecular weight excluding hydrogens is 477 g/mol. The van der Waals surface area contributed by atoms with Gasteiger partial charge in [-0.15, -0.1) is 0 Å². The lowest BCUT2D eigenvalue weighted by Crippen LogP contribution is -2.27. The first-order valence-corrected chi connectivity index (χ1v) is 15.1. The quantitative estimate of drug-likeness (QED) is 0.256. The average molecular weight is 508 g/mol. The number of benzene rings is 1. The van der Waals surface area contributed by atoms with Crippen LogP contribution in [-0.2, 0) is 16.2 Å². The first kappa shape index (κ1) is 26.0. The van der Waals surface area contributed by atoms with Crippen molar-refractivity contribution in [2.24, 2.45) is 0 Å². The van der Waals surface area contributed by atoms with Crippen molar-refractivity contribution in [3.05, 3.63) is 47.5 Å². The Bertz CT molecular complexity index is 1170. The molecule has 0 aliphatic heterocycles. The van der Waals surface area contributed by atoms with Gasteiger partial charge in [-0.2, -0.15) is 0 Å². The van der Waals surface area contributed by atoms with Gasteiger partial charge in [-0.25, -0.2) is 14.2 Å². The normalized spacial score (nSPS) is 12.1. The van der Waals surface area contributed by atoms with Gasteiger partial charge in [0.1, 0.15) is 23.7 Å². The van der Waals surface area contributed by atoms with Crippen LogP contribution in [0.15, 0.2) is 36.7 Å². The van der Waals surface area contributed by atoms with E-state index in [9.17, 15) is 9.18 Å². The molecule has 0 saturated carbocycles. The van der Waals surface area contributed by atoms with E-state index < -0.39 is 25.6 Å². The molecule has 0 aliphatic rings. The van der Waals surface area contributed by atoms with Crippen molar-refractivity contribution in [2.45, 2.75) is 58.8 Å². The van der Waals surface area contributed by atoms with Crippen molar-refractivity contribution in [1.29, 1.82) is 0 Å². The maximum absolute atomic E-state index is 14.7. The zero-order valence-corrected chi connectivity index (χ0v) is 22.1. The molecule has 2 aromatic heterocycles. The van der Waals surface area contributed by atoms with Crippen LogP contribution in [0.4, 0.5) is 14.9 Å². The third-order valence-corrected chi connectivity index (χ3v) is 6.69. The maximum Gasteiger partial charge on any atom is 0.412 e. The molecule has 0 aliphatic carbocycles. The second-order valence-corrected chi connectivity index (χ2v) is 16.2. The number of nitrogens with one attached hydrogen (secondary N) is 1. The predicted octanol–water partition coefficient (Wildman–Crippen LogP) is 7.28. The Hall–Kier alpha value is -2.62. The fourth-order valence-electron chi connectivity index (χ4n) is 3.06. The Balaban J connectivity index is 1.75. The number of amides is 1. The Morgan fingerprint density at radius 2 is 1.94 bits per heavy atom. The molecule has 0 saturated heterocycles. The molecule has 0 unspecified atom stereocenters. The number of rotatable bonds is 8. The second-order valence-electron chi connectivity index (χ2n) is 10.2. The molecule has 1 amide bonds. The third kappa shape index (κ3) is 7.19. The van der Waals surface area contributed by atoms with Gasteiger partial charge in [0.05, 0.1) is 10.4 Å². The molecular formula is C24H31ClFN3O4Si. The Labute approximate surface area is 205 Å². The molecule has 0 radical (unpaired) electrons. The summed E-state index contributed by atoms with van der Waals surface area (Å²) in [6, 6.07) is 6.80. The molecule has 34 heavy (non-hydrogen) atoms. The molecule has 184 valence electrons. The Morgan fingerprint density at radius 1 is 1.21 bits per heavy atom. The minimum absolute atomic E-state index is 0.0163. The zero-order chi connectivity index (χ0) is 25.1. The lowest BCUT2D eigenvalue weighted by atomic mass is 10.2. The largest absolute Gasteiger partial charge is 0.453 e. The van der Waals surface area contributed by atoms with Gasteiger partial charge in [0, 0.05) is 38.8 Å². The molecule has 1 aromatic carbocycles. The van der Waals surface area contributed by atoms with E-state index in [0.29, 0.717) is 35.1 Å². The summed E-state index contributed by atoms with van der Waals surface area (Å²) in [6.45, 7) is 13.1. The van der Waals surface area contributed by atoms with Crippen LogP contribution < -0.4 is 10.1 Å². The van der Waals surface area contributed by atoms with Crippen LogP contribution >= 0.6 is 11.6 Å². The van der Waals surface area contributed by atoms with Crippen LogP contribution in [0.25, 0.3) is 11.0 Å². The minimum atomic E-state index is -1.19. The number of pyridine rings is 1. The summed E-state index contributed by atoms with van der Waals surface area (Å²) in [7, 11) is -1.19. The van der Waals surface area contributed by atoms with Crippen molar-refractivity contribution in [1.82, 2.24) is 9.55 Å². The predicted molar refractivity (Wildman–Crippen MR) is 135 cm³/mol. The highest BCUT2D eigenvalue weighted by atomic mass is 35.5. The molecule has 0 spiro atoms. The fraction of sp³-hybridized carbons (Fsp3) is 0.417. The molecule has 3 aromatic rings. The average Bonchev–Trinajstić information content (AvgIpc) is 3.02. The smallest absolute Gasteiger partial charge is 0.412 e. The minimum Gasteiger partial charge on any atom is -0.453 e. The summed E-state index contributed by atoms with van der Waals surface area (Å²) in [5.41, 5.74) is 0.172. The van der Waals surface area contributed by atoms with Crippen molar-refractivity contribution in [3.8, 4) is 11.5 Å². The number of aromatic nitrogens is 2. The fourth-order valence-corrected chi connectivity index (χ4v) is 4.12. The molecule has 0 fully saturated rings. The van der Waals surface area contributed by atoms with E-state index in [0.717, 1.165) is 12.1 Å². The monoisotopic (exact) mass is 507 g/mol. The number of fused-ring (bicyclic) bond motifs is 1. The van der Waals surface area contributed by atoms with Crippen LogP contribution in [0.3, 0.4) is 0 Å². The number of carbonyl (C=O) groups is 1. The first-order valence-electron chi connectivity index (χ1n) is 11.0. The van der Waals surface area contributed by atoms with Crippen LogP contribution in [0.1, 0.15) is 20.8 Å². The Kier molecular flexibility index (Phi) is 7.90. The zero-order valence-electron chi connectivity index (χ0n) is 20.4. The van der Waals surface area contributed by atoms with Gasteiger partial charge in [0.25, 0.3) is 0 Å². The highest BCUT2D eigenvalue weighted by molar-refractivity contribution is 6.76. The summed E-state index contributed by atoms with van der Waals surface area (Å²) in [5, 5.41) is 3.49. The van der Waals surface area contributed by atoms with Gasteiger partial charge < -0.3 is 18.8 Å². The van der Waals surface area contributed by atoms with E-state index in [1.54, 1.807) is 43.8 Å². The lowest BCUT2D eigenvalue weighted by molar-refractivity contribution is 0.0636. The number of ether oxygens (including phenoxy) is 3. The van der Waals surface area contributed by atoms with Crippen molar-refractivity contribution in [3.63, 3.8) is 0 Å². The number of halogens is 2. The summed E-state index contributed by atoms with van der Waals surface area (Å²) < 4.78 is 33.4. The Morgan fingerprint density at radius 3 is 2.59 bits per heavy atom. The van der Waals surface area contributed by atoms with Crippen LogP contribution in [0, 0.1) is 5.82 Å². The van der Waals surface area contributed by atoms with E-state index in [4.69, 9.17) is 25.8 Å². The highest BCUT2D eigenvalue weighted by Crippen LogP contribution is 2.36. The van der Waals surface area contributed by atoms with Gasteiger partial charge in [-0.05, 0) is 45.0 Å². The SMILES string of the molecule is CC(C)(C)OC(=O)Nc1ccc(Oc2ccnc3c2c(Cl)cn3COCC[Si](C)(C)C)c(F)c1. The second kappa shape index (κ2) is 10.3. The highest BCUT2D eigenvalue weighted by Gasteiger charge is 2.19. The first-order chi connectivity index (χ1) is 15.8. The third-order valence-electron chi connectivity index (χ3n) is 4.70. The molecule has 1 N–H and O–H groups in total. The van der Waals surface area contributed by atoms with Gasteiger partial charge >= 0.3 is 6.09 Å².